The summed E-state index contributed by atoms with van der Waals surface area (Å²) in [6.07, 6.45) is 2.15. The predicted octanol–water partition coefficient (Wildman–Crippen LogP) is 4.05. The molecule has 25 heavy (non-hydrogen) atoms. The molecule has 5 nitrogen and oxygen atoms in total. The van der Waals surface area contributed by atoms with Crippen molar-refractivity contribution in [3.8, 4) is 0 Å². The summed E-state index contributed by atoms with van der Waals surface area (Å²) in [5, 5.41) is 3.22. The van der Waals surface area contributed by atoms with Gasteiger partial charge in [-0.05, 0) is 50.5 Å². The van der Waals surface area contributed by atoms with Crippen LogP contribution in [0.15, 0.2) is 24.3 Å². The van der Waals surface area contributed by atoms with E-state index in [2.05, 4.69) is 29.4 Å². The average Bonchev–Trinajstić information content (AvgIpc) is 2.90. The number of esters is 1. The summed E-state index contributed by atoms with van der Waals surface area (Å²) >= 11 is 0. The molecule has 134 valence electrons. The minimum Gasteiger partial charge on any atom is -0.465 e. The number of hydrogen-bond acceptors (Lipinski definition) is 4. The van der Waals surface area contributed by atoms with Crippen molar-refractivity contribution < 1.29 is 14.3 Å². The van der Waals surface area contributed by atoms with E-state index in [1.54, 1.807) is 13.8 Å². The Labute approximate surface area is 148 Å². The molecule has 1 aromatic heterocycles. The summed E-state index contributed by atoms with van der Waals surface area (Å²) in [4.78, 5) is 27.7. The number of H-pyrrole nitrogens is 1. The van der Waals surface area contributed by atoms with Crippen LogP contribution >= 0.6 is 0 Å². The molecule has 2 rings (SSSR count). The molecule has 1 atom stereocenters. The second-order valence-electron chi connectivity index (χ2n) is 6.29. The van der Waals surface area contributed by atoms with Crippen LogP contribution in [0.2, 0.25) is 0 Å². The Morgan fingerprint density at radius 3 is 2.40 bits per heavy atom. The zero-order chi connectivity index (χ0) is 18.6. The summed E-state index contributed by atoms with van der Waals surface area (Å²) in [6, 6.07) is 7.70. The highest BCUT2D eigenvalue weighted by Gasteiger charge is 2.25. The highest BCUT2D eigenvalue weighted by Crippen LogP contribution is 2.21. The van der Waals surface area contributed by atoms with Crippen molar-refractivity contribution in [2.24, 2.45) is 0 Å². The minimum atomic E-state index is -0.433. The van der Waals surface area contributed by atoms with E-state index >= 15 is 0 Å². The van der Waals surface area contributed by atoms with Gasteiger partial charge in [0.1, 0.15) is 0 Å². The minimum absolute atomic E-state index is 0.0895. The Morgan fingerprint density at radius 1 is 1.20 bits per heavy atom. The number of anilines is 1. The third kappa shape index (κ3) is 4.10. The first kappa shape index (κ1) is 18.8. The Kier molecular flexibility index (Phi) is 6.02. The molecular formula is C20H26N2O3. The molecule has 1 heterocycles. The summed E-state index contributed by atoms with van der Waals surface area (Å²) < 4.78 is 4.79. The van der Waals surface area contributed by atoms with Gasteiger partial charge in [0, 0.05) is 11.4 Å². The van der Waals surface area contributed by atoms with Gasteiger partial charge in [-0.25, -0.2) is 4.79 Å². The van der Waals surface area contributed by atoms with Gasteiger partial charge in [0.2, 0.25) is 5.78 Å². The number of aromatic nitrogens is 1. The fraction of sp³-hybridized carbons (Fsp3) is 0.400. The van der Waals surface area contributed by atoms with Crippen LogP contribution in [0.5, 0.6) is 0 Å². The van der Waals surface area contributed by atoms with Crippen LogP contribution < -0.4 is 5.32 Å². The number of aromatic amines is 1. The monoisotopic (exact) mass is 342 g/mol. The number of hydrogen-bond donors (Lipinski definition) is 2. The molecule has 0 bridgehead atoms. The van der Waals surface area contributed by atoms with Gasteiger partial charge in [-0.2, -0.15) is 0 Å². The van der Waals surface area contributed by atoms with E-state index in [9.17, 15) is 9.59 Å². The quantitative estimate of drug-likeness (QED) is 0.588. The standard InChI is InChI=1S/C20H26N2O3/c1-6-7-15-8-10-16(11-9-15)21-14(4)19(23)18-12(2)17(13(3)22-18)20(24)25-5/h8-11,14,21-22H,6-7H2,1-5H3/t14-/m1/s1. The maximum Gasteiger partial charge on any atom is 0.339 e. The van der Waals surface area contributed by atoms with Crippen LogP contribution in [0, 0.1) is 13.8 Å². The van der Waals surface area contributed by atoms with Gasteiger partial charge in [0.05, 0.1) is 24.4 Å². The molecule has 0 saturated heterocycles. The number of aryl methyl sites for hydroxylation is 2. The maximum absolute atomic E-state index is 12.8. The van der Waals surface area contributed by atoms with E-state index in [1.165, 1.54) is 12.7 Å². The first-order chi connectivity index (χ1) is 11.9. The van der Waals surface area contributed by atoms with E-state index in [0.29, 0.717) is 22.5 Å². The fourth-order valence-electron chi connectivity index (χ4n) is 2.99. The van der Waals surface area contributed by atoms with Gasteiger partial charge in [-0.3, -0.25) is 4.79 Å². The van der Waals surface area contributed by atoms with Crippen LogP contribution in [-0.2, 0) is 11.2 Å². The maximum atomic E-state index is 12.8. The molecule has 0 radical (unpaired) electrons. The van der Waals surface area contributed by atoms with Crippen molar-refractivity contribution in [1.82, 2.24) is 4.98 Å². The number of Topliss-reactive ketones (excluding diaryl/α,β-unsaturated/α-hetero) is 1. The lowest BCUT2D eigenvalue weighted by Gasteiger charge is -2.14. The number of carbonyl (C=O) groups is 2. The normalized spacial score (nSPS) is 11.9. The number of ether oxygens (including phenoxy) is 1. The number of benzene rings is 1. The average molecular weight is 342 g/mol. The lowest BCUT2D eigenvalue weighted by molar-refractivity contribution is 0.0599. The van der Waals surface area contributed by atoms with Crippen molar-refractivity contribution in [1.29, 1.82) is 0 Å². The molecular weight excluding hydrogens is 316 g/mol. The van der Waals surface area contributed by atoms with Crippen LogP contribution in [0.3, 0.4) is 0 Å². The third-order valence-electron chi connectivity index (χ3n) is 4.34. The summed E-state index contributed by atoms with van der Waals surface area (Å²) in [5.41, 5.74) is 4.33. The molecule has 0 aliphatic rings. The summed E-state index contributed by atoms with van der Waals surface area (Å²) in [6.45, 7) is 7.49. The first-order valence-electron chi connectivity index (χ1n) is 8.56. The SMILES string of the molecule is CCCc1ccc(N[C@H](C)C(=O)c2[nH]c(C)c(C(=O)OC)c2C)cc1. The van der Waals surface area contributed by atoms with Gasteiger partial charge < -0.3 is 15.0 Å². The van der Waals surface area contributed by atoms with E-state index in [0.717, 1.165) is 18.5 Å². The predicted molar refractivity (Wildman–Crippen MR) is 99.5 cm³/mol. The van der Waals surface area contributed by atoms with Crippen LogP contribution in [0.4, 0.5) is 5.69 Å². The van der Waals surface area contributed by atoms with Gasteiger partial charge >= 0.3 is 5.97 Å². The highest BCUT2D eigenvalue weighted by atomic mass is 16.5. The Morgan fingerprint density at radius 2 is 1.84 bits per heavy atom. The first-order valence-corrected chi connectivity index (χ1v) is 8.56. The number of rotatable bonds is 7. The van der Waals surface area contributed by atoms with E-state index in [1.807, 2.05) is 19.1 Å². The van der Waals surface area contributed by atoms with E-state index in [-0.39, 0.29) is 5.78 Å². The Balaban J connectivity index is 2.16. The lowest BCUT2D eigenvalue weighted by atomic mass is 10.0. The number of carbonyl (C=O) groups excluding carboxylic acids is 2. The van der Waals surface area contributed by atoms with E-state index < -0.39 is 12.0 Å². The summed E-state index contributed by atoms with van der Waals surface area (Å²) in [7, 11) is 1.34. The topological polar surface area (TPSA) is 71.2 Å². The molecule has 0 unspecified atom stereocenters. The van der Waals surface area contributed by atoms with Crippen molar-refractivity contribution in [2.75, 3.05) is 12.4 Å². The zero-order valence-electron chi connectivity index (χ0n) is 15.5. The summed E-state index contributed by atoms with van der Waals surface area (Å²) in [5.74, 6) is -0.522. The molecule has 5 heteroatoms. The largest absolute Gasteiger partial charge is 0.465 e. The number of ketones is 1. The van der Waals surface area contributed by atoms with Crippen LogP contribution in [0.25, 0.3) is 0 Å². The van der Waals surface area contributed by atoms with Crippen molar-refractivity contribution in [2.45, 2.75) is 46.6 Å². The number of nitrogens with one attached hydrogen (secondary N) is 2. The van der Waals surface area contributed by atoms with E-state index in [4.69, 9.17) is 4.74 Å². The molecule has 2 aromatic rings. The molecule has 0 aliphatic carbocycles. The zero-order valence-corrected chi connectivity index (χ0v) is 15.5. The van der Waals surface area contributed by atoms with Gasteiger partial charge in [-0.15, -0.1) is 0 Å². The molecule has 2 N–H and O–H groups in total. The molecule has 0 saturated carbocycles. The molecule has 0 amide bonds. The third-order valence-corrected chi connectivity index (χ3v) is 4.34. The molecule has 1 aromatic carbocycles. The second-order valence-corrected chi connectivity index (χ2v) is 6.29. The Bertz CT molecular complexity index is 760. The highest BCUT2D eigenvalue weighted by molar-refractivity contribution is 6.04. The molecule has 0 aliphatic heterocycles. The van der Waals surface area contributed by atoms with Gasteiger partial charge in [-0.1, -0.05) is 25.5 Å². The smallest absolute Gasteiger partial charge is 0.339 e. The lowest BCUT2D eigenvalue weighted by Crippen LogP contribution is -2.27. The van der Waals surface area contributed by atoms with Crippen LogP contribution in [0.1, 0.15) is 57.9 Å². The fourth-order valence-corrected chi connectivity index (χ4v) is 2.99. The van der Waals surface area contributed by atoms with Crippen molar-refractivity contribution >= 4 is 17.4 Å². The molecule has 0 spiro atoms. The second kappa shape index (κ2) is 8.01. The van der Waals surface area contributed by atoms with Crippen LogP contribution in [-0.4, -0.2) is 29.9 Å². The van der Waals surface area contributed by atoms with Crippen molar-refractivity contribution in [3.05, 3.63) is 52.3 Å². The van der Waals surface area contributed by atoms with Gasteiger partial charge in [0.15, 0.2) is 0 Å². The van der Waals surface area contributed by atoms with Crippen molar-refractivity contribution in [3.63, 3.8) is 0 Å². The van der Waals surface area contributed by atoms with Gasteiger partial charge in [0.25, 0.3) is 0 Å². The Hall–Kier alpha value is -2.56. The molecule has 0 fully saturated rings. The number of methoxy groups -OCH3 is 1.